The lowest BCUT2D eigenvalue weighted by atomic mass is 10.1. The number of rotatable bonds is 10. The Kier molecular flexibility index (Phi) is 7.60. The van der Waals surface area contributed by atoms with Gasteiger partial charge in [0, 0.05) is 0 Å². The molecule has 0 unspecified atom stereocenters. The number of hydrogen-bond acceptors (Lipinski definition) is 1. The summed E-state index contributed by atoms with van der Waals surface area (Å²) in [7, 11) is -3.64. The summed E-state index contributed by atoms with van der Waals surface area (Å²) in [4.78, 5) is 0. The fourth-order valence-electron chi connectivity index (χ4n) is 3.91. The van der Waals surface area contributed by atoms with E-state index in [1.165, 1.54) is 22.3 Å². The second-order valence-electron chi connectivity index (χ2n) is 8.50. The van der Waals surface area contributed by atoms with E-state index in [0.29, 0.717) is 0 Å². The summed E-state index contributed by atoms with van der Waals surface area (Å²) in [6.07, 6.45) is 5.83. The van der Waals surface area contributed by atoms with Crippen molar-refractivity contribution in [3.8, 4) is 0 Å². The van der Waals surface area contributed by atoms with Gasteiger partial charge < -0.3 is 4.12 Å². The first-order valence-corrected chi connectivity index (χ1v) is 16.0. The lowest BCUT2D eigenvalue weighted by Gasteiger charge is -2.35. The van der Waals surface area contributed by atoms with E-state index in [1.807, 2.05) is 12.2 Å². The summed E-state index contributed by atoms with van der Waals surface area (Å²) < 4.78 is 6.93. The largest absolute Gasteiger partial charge is 0.455 e. The van der Waals surface area contributed by atoms with Crippen molar-refractivity contribution in [2.24, 2.45) is 0 Å². The summed E-state index contributed by atoms with van der Waals surface area (Å²) in [6.45, 7) is 17.3. The van der Waals surface area contributed by atoms with Gasteiger partial charge in [0.25, 0.3) is 0 Å². The molecule has 0 saturated heterocycles. The predicted molar refractivity (Wildman–Crippen MR) is 124 cm³/mol. The van der Waals surface area contributed by atoms with Gasteiger partial charge in [-0.1, -0.05) is 60.7 Å². The average molecular weight is 395 g/mol. The Morgan fingerprint density at radius 2 is 1.00 bits per heavy atom. The smallest absolute Gasteiger partial charge is 0.177 e. The molecule has 3 heteroatoms. The SMILES string of the molecule is C=CCc1ccccc1C[Si](C)(C)O[Si](C)(C)Cc1ccccc1CC=C. The van der Waals surface area contributed by atoms with Gasteiger partial charge in [0.15, 0.2) is 16.6 Å². The molecule has 0 amide bonds. The highest BCUT2D eigenvalue weighted by molar-refractivity contribution is 6.84. The normalized spacial score (nSPS) is 12.0. The van der Waals surface area contributed by atoms with Crippen LogP contribution in [0, 0.1) is 0 Å². The maximum atomic E-state index is 6.93. The zero-order chi connectivity index (χ0) is 19.9. The zero-order valence-corrected chi connectivity index (χ0v) is 19.4. The van der Waals surface area contributed by atoms with Crippen molar-refractivity contribution in [3.63, 3.8) is 0 Å². The highest BCUT2D eigenvalue weighted by Crippen LogP contribution is 2.25. The van der Waals surface area contributed by atoms with Gasteiger partial charge in [-0.05, 0) is 73.4 Å². The first kappa shape index (κ1) is 21.6. The molecular formula is C24H34OSi2. The molecule has 0 aliphatic heterocycles. The minimum Gasteiger partial charge on any atom is -0.455 e. The van der Waals surface area contributed by atoms with Crippen molar-refractivity contribution < 1.29 is 4.12 Å². The van der Waals surface area contributed by atoms with E-state index in [1.54, 1.807) is 0 Å². The molecule has 1 nitrogen and oxygen atoms in total. The van der Waals surface area contributed by atoms with Gasteiger partial charge in [0.2, 0.25) is 0 Å². The summed E-state index contributed by atoms with van der Waals surface area (Å²) >= 11 is 0. The van der Waals surface area contributed by atoms with Gasteiger partial charge in [-0.3, -0.25) is 0 Å². The Labute approximate surface area is 168 Å². The Balaban J connectivity index is 2.14. The number of allylic oxidation sites excluding steroid dienone is 2. The van der Waals surface area contributed by atoms with Gasteiger partial charge in [-0.2, -0.15) is 0 Å². The van der Waals surface area contributed by atoms with Crippen molar-refractivity contribution >= 4 is 16.6 Å². The van der Waals surface area contributed by atoms with Crippen LogP contribution in [-0.4, -0.2) is 16.6 Å². The third-order valence-corrected chi connectivity index (χ3v) is 11.6. The monoisotopic (exact) mass is 394 g/mol. The molecule has 0 radical (unpaired) electrons. The molecule has 0 atom stereocenters. The van der Waals surface area contributed by atoms with Crippen molar-refractivity contribution in [1.82, 2.24) is 0 Å². The third kappa shape index (κ3) is 6.76. The quantitative estimate of drug-likeness (QED) is 0.333. The summed E-state index contributed by atoms with van der Waals surface area (Å²) in [5.74, 6) is 0. The van der Waals surface area contributed by atoms with Crippen LogP contribution in [0.1, 0.15) is 22.3 Å². The van der Waals surface area contributed by atoms with E-state index in [-0.39, 0.29) is 0 Å². The molecule has 27 heavy (non-hydrogen) atoms. The molecule has 0 aliphatic carbocycles. The fraction of sp³-hybridized carbons (Fsp3) is 0.333. The molecule has 2 aromatic carbocycles. The molecule has 0 N–H and O–H groups in total. The fourth-order valence-corrected chi connectivity index (χ4v) is 13.0. The number of hydrogen-bond donors (Lipinski definition) is 0. The van der Waals surface area contributed by atoms with E-state index in [4.69, 9.17) is 4.12 Å². The van der Waals surface area contributed by atoms with Crippen LogP contribution in [0.4, 0.5) is 0 Å². The molecule has 0 spiro atoms. The van der Waals surface area contributed by atoms with E-state index in [0.717, 1.165) is 24.9 Å². The van der Waals surface area contributed by atoms with Crippen LogP contribution in [0.3, 0.4) is 0 Å². The zero-order valence-electron chi connectivity index (χ0n) is 17.4. The molecule has 0 heterocycles. The number of benzene rings is 2. The summed E-state index contributed by atoms with van der Waals surface area (Å²) in [5.41, 5.74) is 5.61. The van der Waals surface area contributed by atoms with Gasteiger partial charge >= 0.3 is 0 Å². The highest BCUT2D eigenvalue weighted by Gasteiger charge is 2.34. The molecule has 2 aromatic rings. The molecule has 0 bridgehead atoms. The van der Waals surface area contributed by atoms with Crippen LogP contribution >= 0.6 is 0 Å². The summed E-state index contributed by atoms with van der Waals surface area (Å²) in [6, 6.07) is 19.6. The molecule has 0 fully saturated rings. The van der Waals surface area contributed by atoms with Crippen molar-refractivity contribution in [2.45, 2.75) is 51.1 Å². The molecule has 0 aromatic heterocycles. The van der Waals surface area contributed by atoms with E-state index in [2.05, 4.69) is 87.9 Å². The maximum absolute atomic E-state index is 6.93. The first-order valence-electron chi connectivity index (χ1n) is 9.82. The van der Waals surface area contributed by atoms with Gasteiger partial charge in [0.05, 0.1) is 0 Å². The third-order valence-electron chi connectivity index (χ3n) is 4.75. The molecule has 0 aliphatic rings. The lowest BCUT2D eigenvalue weighted by molar-refractivity contribution is 0.537. The maximum Gasteiger partial charge on any atom is 0.177 e. The van der Waals surface area contributed by atoms with Crippen molar-refractivity contribution in [1.29, 1.82) is 0 Å². The van der Waals surface area contributed by atoms with Crippen LogP contribution in [-0.2, 0) is 29.0 Å². The second-order valence-corrected chi connectivity index (χ2v) is 17.1. The first-order chi connectivity index (χ1) is 12.8. The van der Waals surface area contributed by atoms with Crippen LogP contribution in [0.2, 0.25) is 26.2 Å². The topological polar surface area (TPSA) is 9.23 Å². The van der Waals surface area contributed by atoms with E-state index < -0.39 is 16.6 Å². The molecule has 0 saturated carbocycles. The van der Waals surface area contributed by atoms with Crippen LogP contribution in [0.15, 0.2) is 73.8 Å². The van der Waals surface area contributed by atoms with Crippen LogP contribution in [0.25, 0.3) is 0 Å². The lowest BCUT2D eigenvalue weighted by Crippen LogP contribution is -2.48. The van der Waals surface area contributed by atoms with Gasteiger partial charge in [-0.15, -0.1) is 13.2 Å². The second kappa shape index (κ2) is 9.49. The minimum atomic E-state index is -1.82. The van der Waals surface area contributed by atoms with Gasteiger partial charge in [0.1, 0.15) is 0 Å². The predicted octanol–water partition coefficient (Wildman–Crippen LogP) is 6.43. The summed E-state index contributed by atoms with van der Waals surface area (Å²) in [5, 5.41) is 0. The van der Waals surface area contributed by atoms with Crippen LogP contribution in [0.5, 0.6) is 0 Å². The van der Waals surface area contributed by atoms with Crippen molar-refractivity contribution in [2.75, 3.05) is 0 Å². The van der Waals surface area contributed by atoms with E-state index in [9.17, 15) is 0 Å². The van der Waals surface area contributed by atoms with Crippen LogP contribution < -0.4 is 0 Å². The van der Waals surface area contributed by atoms with E-state index >= 15 is 0 Å². The Hall–Kier alpha value is -1.69. The average Bonchev–Trinajstić information content (AvgIpc) is 2.57. The Morgan fingerprint density at radius 3 is 1.33 bits per heavy atom. The minimum absolute atomic E-state index is 0.927. The molecular weight excluding hydrogens is 360 g/mol. The standard InChI is InChI=1S/C24H34OSi2/c1-7-13-21-15-9-11-17-23(21)19-26(3,4)25-27(5,6)20-24-18-12-10-16-22(24)14-8-2/h7-12,15-18H,1-2,13-14,19-20H2,3-6H3. The Morgan fingerprint density at radius 1 is 0.667 bits per heavy atom. The van der Waals surface area contributed by atoms with Crippen molar-refractivity contribution in [3.05, 3.63) is 96.1 Å². The highest BCUT2D eigenvalue weighted by atomic mass is 28.4. The van der Waals surface area contributed by atoms with Gasteiger partial charge in [-0.25, -0.2) is 0 Å². The molecule has 144 valence electrons. The Bertz CT molecular complexity index is 712. The molecule has 2 rings (SSSR count).